The molecule has 0 radical (unpaired) electrons. The summed E-state index contributed by atoms with van der Waals surface area (Å²) in [6, 6.07) is 0. The molecular formula is C12H26N2S. The molecule has 0 saturated carbocycles. The Kier molecular flexibility index (Phi) is 8.44. The van der Waals surface area contributed by atoms with Gasteiger partial charge in [0.25, 0.3) is 0 Å². The fraction of sp³-hybridized carbons (Fsp3) is 1.00. The molecular weight excluding hydrogens is 204 g/mol. The highest BCUT2D eigenvalue weighted by molar-refractivity contribution is 7.99. The summed E-state index contributed by atoms with van der Waals surface area (Å²) in [6.07, 6.45) is 5.58. The fourth-order valence-electron chi connectivity index (χ4n) is 1.99. The highest BCUT2D eigenvalue weighted by atomic mass is 32.2. The molecule has 1 saturated heterocycles. The van der Waals surface area contributed by atoms with Crippen LogP contribution in [0.3, 0.4) is 0 Å². The van der Waals surface area contributed by atoms with E-state index >= 15 is 0 Å². The first-order chi connectivity index (χ1) is 7.43. The Bertz CT molecular complexity index is 136. The van der Waals surface area contributed by atoms with Crippen molar-refractivity contribution >= 4 is 11.8 Å². The number of nitrogens with zero attached hydrogens (tertiary/aromatic N) is 1. The zero-order valence-electron chi connectivity index (χ0n) is 10.1. The Balaban J connectivity index is 1.79. The first-order valence-corrected chi connectivity index (χ1v) is 7.59. The molecule has 90 valence electrons. The second-order valence-electron chi connectivity index (χ2n) is 4.20. The maximum Gasteiger partial charge on any atom is 0.0107 e. The molecule has 1 aliphatic heterocycles. The van der Waals surface area contributed by atoms with Gasteiger partial charge in [0.15, 0.2) is 0 Å². The van der Waals surface area contributed by atoms with Crippen LogP contribution in [0.5, 0.6) is 0 Å². The average Bonchev–Trinajstić information content (AvgIpc) is 2.29. The van der Waals surface area contributed by atoms with E-state index in [1.54, 1.807) is 0 Å². The third-order valence-corrected chi connectivity index (χ3v) is 3.89. The topological polar surface area (TPSA) is 15.3 Å². The van der Waals surface area contributed by atoms with Crippen molar-refractivity contribution in [2.24, 2.45) is 0 Å². The van der Waals surface area contributed by atoms with E-state index in [1.807, 2.05) is 11.8 Å². The predicted molar refractivity (Wildman–Crippen MR) is 70.8 cm³/mol. The third-order valence-electron chi connectivity index (χ3n) is 2.90. The molecule has 1 fully saturated rings. The van der Waals surface area contributed by atoms with Crippen LogP contribution in [0, 0.1) is 0 Å². The highest BCUT2D eigenvalue weighted by Gasteiger charge is 2.08. The fourth-order valence-corrected chi connectivity index (χ4v) is 2.63. The van der Waals surface area contributed by atoms with E-state index < -0.39 is 0 Å². The van der Waals surface area contributed by atoms with Crippen molar-refractivity contribution in [2.45, 2.75) is 32.6 Å². The van der Waals surface area contributed by atoms with Gasteiger partial charge in [-0.05, 0) is 50.4 Å². The predicted octanol–water partition coefficient (Wildman–Crippen LogP) is 2.21. The normalized spacial score (nSPS) is 18.2. The number of likely N-dealkylation sites (tertiary alicyclic amines) is 1. The molecule has 2 nitrogen and oxygen atoms in total. The van der Waals surface area contributed by atoms with E-state index in [0.29, 0.717) is 0 Å². The monoisotopic (exact) mass is 230 g/mol. The zero-order chi connectivity index (χ0) is 10.8. The minimum Gasteiger partial charge on any atom is -0.315 e. The molecule has 0 aromatic carbocycles. The maximum absolute atomic E-state index is 3.54. The van der Waals surface area contributed by atoms with Crippen molar-refractivity contribution in [1.29, 1.82) is 0 Å². The molecule has 0 bridgehead atoms. The van der Waals surface area contributed by atoms with Gasteiger partial charge in [0.2, 0.25) is 0 Å². The molecule has 0 amide bonds. The molecule has 15 heavy (non-hydrogen) atoms. The smallest absolute Gasteiger partial charge is 0.0107 e. The minimum atomic E-state index is 1.18. The first-order valence-electron chi connectivity index (χ1n) is 6.44. The van der Waals surface area contributed by atoms with Crippen molar-refractivity contribution < 1.29 is 0 Å². The van der Waals surface area contributed by atoms with Crippen LogP contribution < -0.4 is 5.32 Å². The van der Waals surface area contributed by atoms with Gasteiger partial charge < -0.3 is 10.2 Å². The van der Waals surface area contributed by atoms with Gasteiger partial charge in [0, 0.05) is 13.1 Å². The Morgan fingerprint density at radius 1 is 1.13 bits per heavy atom. The standard InChI is InChI=1S/C12H26N2S/c1-2-15-12-6-7-13-8-11-14-9-4-3-5-10-14/h13H,2-12H2,1H3. The summed E-state index contributed by atoms with van der Waals surface area (Å²) in [4.78, 5) is 2.59. The highest BCUT2D eigenvalue weighted by Crippen LogP contribution is 2.07. The van der Waals surface area contributed by atoms with Crippen molar-refractivity contribution in [2.75, 3.05) is 44.2 Å². The van der Waals surface area contributed by atoms with Gasteiger partial charge in [-0.15, -0.1) is 0 Å². The van der Waals surface area contributed by atoms with Gasteiger partial charge in [0.1, 0.15) is 0 Å². The molecule has 1 aliphatic rings. The molecule has 1 N–H and O–H groups in total. The lowest BCUT2D eigenvalue weighted by Gasteiger charge is -2.26. The Labute approximate surface area is 99.2 Å². The lowest BCUT2D eigenvalue weighted by atomic mass is 10.1. The van der Waals surface area contributed by atoms with Crippen LogP contribution >= 0.6 is 11.8 Å². The van der Waals surface area contributed by atoms with Crippen LogP contribution in [0.4, 0.5) is 0 Å². The van der Waals surface area contributed by atoms with Crippen LogP contribution in [0.1, 0.15) is 32.6 Å². The SMILES string of the molecule is CCSCCCNCCN1CCCCC1. The molecule has 0 aliphatic carbocycles. The lowest BCUT2D eigenvalue weighted by Crippen LogP contribution is -2.36. The van der Waals surface area contributed by atoms with Gasteiger partial charge in [-0.2, -0.15) is 11.8 Å². The van der Waals surface area contributed by atoms with E-state index in [1.165, 1.54) is 69.9 Å². The molecule has 0 spiro atoms. The van der Waals surface area contributed by atoms with E-state index in [4.69, 9.17) is 0 Å². The summed E-state index contributed by atoms with van der Waals surface area (Å²) in [5, 5.41) is 3.54. The van der Waals surface area contributed by atoms with Crippen LogP contribution in [0.15, 0.2) is 0 Å². The number of thioether (sulfide) groups is 1. The van der Waals surface area contributed by atoms with Gasteiger partial charge >= 0.3 is 0 Å². The van der Waals surface area contributed by atoms with Crippen molar-refractivity contribution in [3.8, 4) is 0 Å². The molecule has 0 aromatic rings. The van der Waals surface area contributed by atoms with Gasteiger partial charge in [-0.25, -0.2) is 0 Å². The van der Waals surface area contributed by atoms with Crippen LogP contribution in [0.2, 0.25) is 0 Å². The number of piperidine rings is 1. The van der Waals surface area contributed by atoms with Gasteiger partial charge in [-0.3, -0.25) is 0 Å². The van der Waals surface area contributed by atoms with Gasteiger partial charge in [0.05, 0.1) is 0 Å². The number of hydrogen-bond acceptors (Lipinski definition) is 3. The van der Waals surface area contributed by atoms with E-state index in [9.17, 15) is 0 Å². The zero-order valence-corrected chi connectivity index (χ0v) is 11.0. The maximum atomic E-state index is 3.54. The van der Waals surface area contributed by atoms with Crippen LogP contribution in [0.25, 0.3) is 0 Å². The summed E-state index contributed by atoms with van der Waals surface area (Å²) >= 11 is 2.04. The second-order valence-corrected chi connectivity index (χ2v) is 5.60. The number of nitrogens with one attached hydrogen (secondary N) is 1. The molecule has 0 aromatic heterocycles. The summed E-state index contributed by atoms with van der Waals surface area (Å²) in [5.74, 6) is 2.57. The molecule has 3 heteroatoms. The Hall–Kier alpha value is 0.270. The largest absolute Gasteiger partial charge is 0.315 e. The van der Waals surface area contributed by atoms with E-state index in [0.717, 1.165) is 0 Å². The summed E-state index contributed by atoms with van der Waals surface area (Å²) in [7, 11) is 0. The number of rotatable bonds is 8. The molecule has 1 heterocycles. The minimum absolute atomic E-state index is 1.18. The first kappa shape index (κ1) is 13.3. The van der Waals surface area contributed by atoms with Crippen LogP contribution in [-0.4, -0.2) is 49.1 Å². The van der Waals surface area contributed by atoms with E-state index in [-0.39, 0.29) is 0 Å². The quantitative estimate of drug-likeness (QED) is 0.644. The van der Waals surface area contributed by atoms with E-state index in [2.05, 4.69) is 17.1 Å². The molecule has 0 atom stereocenters. The summed E-state index contributed by atoms with van der Waals surface area (Å²) < 4.78 is 0. The van der Waals surface area contributed by atoms with Crippen molar-refractivity contribution in [3.05, 3.63) is 0 Å². The Morgan fingerprint density at radius 3 is 2.67 bits per heavy atom. The average molecular weight is 230 g/mol. The van der Waals surface area contributed by atoms with Crippen LogP contribution in [-0.2, 0) is 0 Å². The second kappa shape index (κ2) is 9.49. The number of hydrogen-bond donors (Lipinski definition) is 1. The molecule has 0 unspecified atom stereocenters. The third kappa shape index (κ3) is 7.20. The lowest BCUT2D eigenvalue weighted by molar-refractivity contribution is 0.229. The summed E-state index contributed by atoms with van der Waals surface area (Å²) in [6.45, 7) is 8.51. The molecule has 1 rings (SSSR count). The van der Waals surface area contributed by atoms with Gasteiger partial charge in [-0.1, -0.05) is 13.3 Å². The van der Waals surface area contributed by atoms with Crippen molar-refractivity contribution in [3.63, 3.8) is 0 Å². The van der Waals surface area contributed by atoms with Crippen molar-refractivity contribution in [1.82, 2.24) is 10.2 Å². The summed E-state index contributed by atoms with van der Waals surface area (Å²) in [5.41, 5.74) is 0. The Morgan fingerprint density at radius 2 is 1.93 bits per heavy atom.